The number of fused-ring (bicyclic) bond motifs is 1. The number of thioether (sulfide) groups is 1. The van der Waals surface area contributed by atoms with E-state index >= 15 is 0 Å². The summed E-state index contributed by atoms with van der Waals surface area (Å²) in [5, 5.41) is 3.43. The fourth-order valence-electron chi connectivity index (χ4n) is 2.47. The van der Waals surface area contributed by atoms with E-state index in [-0.39, 0.29) is 0 Å². The average molecular weight is 249 g/mol. The fraction of sp³-hybridized carbons (Fsp3) is 0.571. The predicted octanol–water partition coefficient (Wildman–Crippen LogP) is 3.18. The van der Waals surface area contributed by atoms with Crippen LogP contribution in [-0.4, -0.2) is 24.7 Å². The van der Waals surface area contributed by atoms with Crippen LogP contribution in [0.1, 0.15) is 18.4 Å². The number of benzene rings is 1. The van der Waals surface area contributed by atoms with Gasteiger partial charge in [-0.3, -0.25) is 0 Å². The number of aryl methyl sites for hydroxylation is 1. The van der Waals surface area contributed by atoms with Gasteiger partial charge in [0.05, 0.1) is 6.61 Å². The first-order valence-electron chi connectivity index (χ1n) is 6.49. The standard InChI is InChI=1S/C14H19NOS/c1-2-12-8-13(3-4-14(12)15-6-1)16-9-11-5-7-17-10-11/h3-4,8,11,15H,1-2,5-7,9-10H2. The lowest BCUT2D eigenvalue weighted by molar-refractivity contribution is 0.263. The van der Waals surface area contributed by atoms with Gasteiger partial charge in [0.2, 0.25) is 0 Å². The summed E-state index contributed by atoms with van der Waals surface area (Å²) in [6.45, 7) is 1.99. The van der Waals surface area contributed by atoms with Crippen molar-refractivity contribution in [3.8, 4) is 5.75 Å². The highest BCUT2D eigenvalue weighted by Gasteiger charge is 2.16. The Balaban J connectivity index is 1.62. The van der Waals surface area contributed by atoms with Crippen molar-refractivity contribution in [2.24, 2.45) is 5.92 Å². The van der Waals surface area contributed by atoms with E-state index in [1.165, 1.54) is 42.0 Å². The number of hydrogen-bond donors (Lipinski definition) is 1. The third kappa shape index (κ3) is 2.71. The van der Waals surface area contributed by atoms with Gasteiger partial charge in [0, 0.05) is 18.2 Å². The van der Waals surface area contributed by atoms with Gasteiger partial charge in [0.25, 0.3) is 0 Å². The molecule has 3 rings (SSSR count). The van der Waals surface area contributed by atoms with Crippen LogP contribution in [0, 0.1) is 5.92 Å². The molecule has 0 amide bonds. The van der Waals surface area contributed by atoms with E-state index in [9.17, 15) is 0 Å². The summed E-state index contributed by atoms with van der Waals surface area (Å²) in [6.07, 6.45) is 3.73. The molecule has 3 heteroatoms. The third-order valence-corrected chi connectivity index (χ3v) is 4.76. The molecule has 1 atom stereocenters. The van der Waals surface area contributed by atoms with Gasteiger partial charge in [-0.25, -0.2) is 0 Å². The van der Waals surface area contributed by atoms with E-state index in [1.807, 2.05) is 0 Å². The highest BCUT2D eigenvalue weighted by Crippen LogP contribution is 2.28. The molecule has 1 aromatic rings. The summed E-state index contributed by atoms with van der Waals surface area (Å²) >= 11 is 2.05. The Labute approximate surface area is 107 Å². The molecule has 2 aliphatic rings. The molecule has 0 bridgehead atoms. The Kier molecular flexibility index (Phi) is 3.46. The number of rotatable bonds is 3. The second-order valence-electron chi connectivity index (χ2n) is 4.89. The van der Waals surface area contributed by atoms with E-state index in [2.05, 4.69) is 35.3 Å². The summed E-state index contributed by atoms with van der Waals surface area (Å²) in [5.74, 6) is 4.38. The Morgan fingerprint density at radius 3 is 3.29 bits per heavy atom. The molecular formula is C14H19NOS. The minimum Gasteiger partial charge on any atom is -0.493 e. The Morgan fingerprint density at radius 2 is 2.41 bits per heavy atom. The van der Waals surface area contributed by atoms with Crippen LogP contribution in [0.4, 0.5) is 5.69 Å². The lowest BCUT2D eigenvalue weighted by Crippen LogP contribution is -2.13. The van der Waals surface area contributed by atoms with Crippen molar-refractivity contribution in [3.63, 3.8) is 0 Å². The lowest BCUT2D eigenvalue weighted by Gasteiger charge is -2.19. The number of anilines is 1. The first kappa shape index (κ1) is 11.3. The summed E-state index contributed by atoms with van der Waals surface area (Å²) in [4.78, 5) is 0. The van der Waals surface area contributed by atoms with Crippen molar-refractivity contribution in [1.82, 2.24) is 0 Å². The number of hydrogen-bond acceptors (Lipinski definition) is 3. The minimum atomic E-state index is 0.758. The summed E-state index contributed by atoms with van der Waals surface area (Å²) in [5.41, 5.74) is 2.70. The van der Waals surface area contributed by atoms with Crippen LogP contribution in [0.5, 0.6) is 5.75 Å². The van der Waals surface area contributed by atoms with Gasteiger partial charge in [-0.15, -0.1) is 0 Å². The van der Waals surface area contributed by atoms with Crippen LogP contribution in [0.15, 0.2) is 18.2 Å². The van der Waals surface area contributed by atoms with Gasteiger partial charge in [-0.1, -0.05) is 0 Å². The quantitative estimate of drug-likeness (QED) is 0.889. The zero-order valence-electron chi connectivity index (χ0n) is 10.1. The molecule has 1 saturated heterocycles. The zero-order valence-corrected chi connectivity index (χ0v) is 10.9. The topological polar surface area (TPSA) is 21.3 Å². The van der Waals surface area contributed by atoms with Gasteiger partial charge in [0.15, 0.2) is 0 Å². The smallest absolute Gasteiger partial charge is 0.119 e. The van der Waals surface area contributed by atoms with Crippen molar-refractivity contribution >= 4 is 17.4 Å². The molecule has 0 radical (unpaired) electrons. The molecule has 17 heavy (non-hydrogen) atoms. The van der Waals surface area contributed by atoms with E-state index in [0.29, 0.717) is 0 Å². The molecule has 92 valence electrons. The second-order valence-corrected chi connectivity index (χ2v) is 6.04. The van der Waals surface area contributed by atoms with Crippen molar-refractivity contribution in [3.05, 3.63) is 23.8 Å². The average Bonchev–Trinajstić information content (AvgIpc) is 2.89. The molecule has 0 spiro atoms. The molecule has 1 aromatic carbocycles. The van der Waals surface area contributed by atoms with Crippen LogP contribution in [0.25, 0.3) is 0 Å². The van der Waals surface area contributed by atoms with E-state index in [4.69, 9.17) is 4.74 Å². The Bertz CT molecular complexity index is 388. The first-order valence-corrected chi connectivity index (χ1v) is 7.64. The number of nitrogens with one attached hydrogen (secondary N) is 1. The van der Waals surface area contributed by atoms with Crippen molar-refractivity contribution in [2.75, 3.05) is 30.0 Å². The van der Waals surface area contributed by atoms with Gasteiger partial charge in [0.1, 0.15) is 5.75 Å². The zero-order chi connectivity index (χ0) is 11.5. The molecule has 1 fully saturated rings. The van der Waals surface area contributed by atoms with Crippen molar-refractivity contribution < 1.29 is 4.74 Å². The van der Waals surface area contributed by atoms with Crippen molar-refractivity contribution in [2.45, 2.75) is 19.3 Å². The maximum absolute atomic E-state index is 5.91. The largest absolute Gasteiger partial charge is 0.493 e. The molecule has 2 aliphatic heterocycles. The Morgan fingerprint density at radius 1 is 1.41 bits per heavy atom. The molecule has 2 heterocycles. The highest BCUT2D eigenvalue weighted by molar-refractivity contribution is 7.99. The van der Waals surface area contributed by atoms with E-state index in [0.717, 1.165) is 24.8 Å². The predicted molar refractivity (Wildman–Crippen MR) is 74.2 cm³/mol. The van der Waals surface area contributed by atoms with E-state index in [1.54, 1.807) is 0 Å². The van der Waals surface area contributed by atoms with Crippen LogP contribution in [-0.2, 0) is 6.42 Å². The first-order chi connectivity index (χ1) is 8.42. The second kappa shape index (κ2) is 5.21. The van der Waals surface area contributed by atoms with Gasteiger partial charge in [-0.05, 0) is 54.5 Å². The van der Waals surface area contributed by atoms with E-state index < -0.39 is 0 Å². The summed E-state index contributed by atoms with van der Waals surface area (Å²) < 4.78 is 5.91. The van der Waals surface area contributed by atoms with Crippen LogP contribution in [0.3, 0.4) is 0 Å². The van der Waals surface area contributed by atoms with Crippen LogP contribution < -0.4 is 10.1 Å². The van der Waals surface area contributed by atoms with Gasteiger partial charge >= 0.3 is 0 Å². The lowest BCUT2D eigenvalue weighted by atomic mass is 10.0. The molecule has 0 saturated carbocycles. The maximum Gasteiger partial charge on any atom is 0.119 e. The Hall–Kier alpha value is -0.830. The molecule has 1 N–H and O–H groups in total. The van der Waals surface area contributed by atoms with Crippen LogP contribution in [0.2, 0.25) is 0 Å². The molecule has 2 nitrogen and oxygen atoms in total. The molecule has 0 aromatic heterocycles. The molecule has 0 aliphatic carbocycles. The third-order valence-electron chi connectivity index (χ3n) is 3.52. The number of ether oxygens (including phenoxy) is 1. The van der Waals surface area contributed by atoms with Gasteiger partial charge < -0.3 is 10.1 Å². The summed E-state index contributed by atoms with van der Waals surface area (Å²) in [6, 6.07) is 6.47. The fourth-order valence-corrected chi connectivity index (χ4v) is 3.73. The highest BCUT2D eigenvalue weighted by atomic mass is 32.2. The SMILES string of the molecule is c1cc2c(cc1OCC1CCSC1)CCCN2. The summed E-state index contributed by atoms with van der Waals surface area (Å²) in [7, 11) is 0. The maximum atomic E-state index is 5.91. The normalized spacial score (nSPS) is 22.9. The monoisotopic (exact) mass is 249 g/mol. The van der Waals surface area contributed by atoms with Crippen LogP contribution >= 0.6 is 11.8 Å². The van der Waals surface area contributed by atoms with Gasteiger partial charge in [-0.2, -0.15) is 11.8 Å². The molecule has 1 unspecified atom stereocenters. The minimum absolute atomic E-state index is 0.758. The molecular weight excluding hydrogens is 230 g/mol. The van der Waals surface area contributed by atoms with Crippen molar-refractivity contribution in [1.29, 1.82) is 0 Å².